The zero-order valence-corrected chi connectivity index (χ0v) is 12.3. The second-order valence-corrected chi connectivity index (χ2v) is 5.82. The zero-order chi connectivity index (χ0) is 14.5. The lowest BCUT2D eigenvalue weighted by Crippen LogP contribution is -2.39. The van der Waals surface area contributed by atoms with E-state index in [1.54, 1.807) is 0 Å². The van der Waals surface area contributed by atoms with E-state index in [1.165, 1.54) is 38.5 Å². The molecule has 1 saturated heterocycles. The third kappa shape index (κ3) is 3.83. The van der Waals surface area contributed by atoms with Gasteiger partial charge in [0.1, 0.15) is 0 Å². The highest BCUT2D eigenvalue weighted by atomic mass is 16.6. The molecule has 1 atom stereocenters. The molecule has 0 bridgehead atoms. The Balaban J connectivity index is 1.57. The average Bonchev–Trinajstić information content (AvgIpc) is 2.81. The summed E-state index contributed by atoms with van der Waals surface area (Å²) >= 11 is 0. The van der Waals surface area contributed by atoms with Crippen molar-refractivity contribution >= 4 is 11.7 Å². The molecule has 6 nitrogen and oxygen atoms in total. The molecule has 0 spiro atoms. The predicted molar refractivity (Wildman–Crippen MR) is 78.2 cm³/mol. The third-order valence-electron chi connectivity index (χ3n) is 4.25. The highest BCUT2D eigenvalue weighted by Crippen LogP contribution is 2.31. The number of ether oxygens (including phenoxy) is 2. The summed E-state index contributed by atoms with van der Waals surface area (Å²) in [5, 5.41) is 10.1. The summed E-state index contributed by atoms with van der Waals surface area (Å²) in [6.45, 7) is 1.33. The van der Waals surface area contributed by atoms with Gasteiger partial charge in [-0.3, -0.25) is 9.89 Å². The molecule has 0 unspecified atom stereocenters. The van der Waals surface area contributed by atoms with Crippen molar-refractivity contribution in [3.63, 3.8) is 0 Å². The van der Waals surface area contributed by atoms with Gasteiger partial charge in [-0.25, -0.2) is 0 Å². The van der Waals surface area contributed by atoms with Gasteiger partial charge >= 0.3 is 0 Å². The number of rotatable bonds is 3. The Labute approximate surface area is 124 Å². The minimum absolute atomic E-state index is 0.186. The second-order valence-electron chi connectivity index (χ2n) is 5.82. The third-order valence-corrected chi connectivity index (χ3v) is 4.25. The first-order valence-electron chi connectivity index (χ1n) is 7.88. The van der Waals surface area contributed by atoms with Gasteiger partial charge in [0.15, 0.2) is 11.9 Å². The molecule has 2 fully saturated rings. The number of carbonyl (C=O) groups excluding carboxylic acids is 1. The summed E-state index contributed by atoms with van der Waals surface area (Å²) in [5.41, 5.74) is 1.13. The number of aromatic amines is 1. The number of nitrogens with zero attached hydrogens (tertiary/aromatic N) is 1. The van der Waals surface area contributed by atoms with Gasteiger partial charge in [0.05, 0.1) is 19.8 Å². The van der Waals surface area contributed by atoms with E-state index in [0.717, 1.165) is 5.69 Å². The van der Waals surface area contributed by atoms with Crippen LogP contribution in [-0.2, 0) is 14.3 Å². The average molecular weight is 293 g/mol. The molecular weight excluding hydrogens is 270 g/mol. The molecule has 1 aromatic rings. The normalized spacial score (nSPS) is 24.5. The molecule has 116 valence electrons. The maximum atomic E-state index is 12.0. The Morgan fingerprint density at radius 2 is 2.05 bits per heavy atom. The lowest BCUT2D eigenvalue weighted by Gasteiger charge is -2.21. The number of nitrogens with one attached hydrogen (secondary N) is 2. The summed E-state index contributed by atoms with van der Waals surface area (Å²) in [7, 11) is 0. The molecule has 0 radical (unpaired) electrons. The van der Waals surface area contributed by atoms with Gasteiger partial charge in [-0.2, -0.15) is 5.10 Å². The van der Waals surface area contributed by atoms with Gasteiger partial charge in [-0.15, -0.1) is 0 Å². The maximum absolute atomic E-state index is 12.0. The van der Waals surface area contributed by atoms with Crippen LogP contribution in [0.2, 0.25) is 0 Å². The van der Waals surface area contributed by atoms with Gasteiger partial charge in [-0.05, 0) is 12.8 Å². The van der Waals surface area contributed by atoms with Crippen LogP contribution < -0.4 is 5.32 Å². The fourth-order valence-corrected chi connectivity index (χ4v) is 3.05. The molecule has 1 saturated carbocycles. The number of H-pyrrole nitrogens is 1. The van der Waals surface area contributed by atoms with Crippen molar-refractivity contribution in [2.24, 2.45) is 0 Å². The van der Waals surface area contributed by atoms with Crippen LogP contribution in [0.15, 0.2) is 6.07 Å². The zero-order valence-electron chi connectivity index (χ0n) is 12.3. The fourth-order valence-electron chi connectivity index (χ4n) is 3.05. The SMILES string of the molecule is O=C(Nc1cc(C2CCCCCC2)[nH]n1)[C@H]1COCCO1. The van der Waals surface area contributed by atoms with Crippen molar-refractivity contribution in [3.8, 4) is 0 Å². The van der Waals surface area contributed by atoms with Crippen molar-refractivity contribution in [2.75, 3.05) is 25.1 Å². The monoisotopic (exact) mass is 293 g/mol. The minimum atomic E-state index is -0.531. The lowest BCUT2D eigenvalue weighted by molar-refractivity contribution is -0.142. The topological polar surface area (TPSA) is 76.2 Å². The fraction of sp³-hybridized carbons (Fsp3) is 0.733. The Kier molecular flexibility index (Phi) is 4.87. The Morgan fingerprint density at radius 3 is 2.76 bits per heavy atom. The summed E-state index contributed by atoms with van der Waals surface area (Å²) in [5.74, 6) is 0.932. The van der Waals surface area contributed by atoms with Crippen LogP contribution in [0.3, 0.4) is 0 Å². The molecule has 21 heavy (non-hydrogen) atoms. The van der Waals surface area contributed by atoms with Gasteiger partial charge in [0.25, 0.3) is 5.91 Å². The quantitative estimate of drug-likeness (QED) is 0.838. The van der Waals surface area contributed by atoms with E-state index in [4.69, 9.17) is 9.47 Å². The smallest absolute Gasteiger partial charge is 0.257 e. The van der Waals surface area contributed by atoms with Crippen LogP contribution in [0, 0.1) is 0 Å². The standard InChI is InChI=1S/C15H23N3O3/c19-15(13-10-20-7-8-21-13)16-14-9-12(17-18-14)11-5-3-1-2-4-6-11/h9,11,13H,1-8,10H2,(H2,16,17,18,19)/t13-/m1/s1. The van der Waals surface area contributed by atoms with Crippen molar-refractivity contribution in [1.82, 2.24) is 10.2 Å². The van der Waals surface area contributed by atoms with Crippen molar-refractivity contribution in [2.45, 2.75) is 50.5 Å². The molecule has 6 heteroatoms. The van der Waals surface area contributed by atoms with Crippen molar-refractivity contribution in [3.05, 3.63) is 11.8 Å². The summed E-state index contributed by atoms with van der Waals surface area (Å²) in [4.78, 5) is 12.0. The van der Waals surface area contributed by atoms with E-state index < -0.39 is 6.10 Å². The van der Waals surface area contributed by atoms with E-state index in [1.807, 2.05) is 6.07 Å². The molecular formula is C15H23N3O3. The van der Waals surface area contributed by atoms with E-state index in [9.17, 15) is 4.79 Å². The minimum Gasteiger partial charge on any atom is -0.376 e. The first-order valence-corrected chi connectivity index (χ1v) is 7.88. The first-order chi connectivity index (χ1) is 10.3. The number of hydrogen-bond acceptors (Lipinski definition) is 4. The molecule has 2 heterocycles. The highest BCUT2D eigenvalue weighted by Gasteiger charge is 2.24. The van der Waals surface area contributed by atoms with Gasteiger partial charge in [0, 0.05) is 17.7 Å². The predicted octanol–water partition coefficient (Wildman–Crippen LogP) is 2.20. The number of aromatic nitrogens is 2. The lowest BCUT2D eigenvalue weighted by atomic mass is 9.97. The number of anilines is 1. The number of amides is 1. The molecule has 1 amide bonds. The van der Waals surface area contributed by atoms with E-state index >= 15 is 0 Å². The number of carbonyl (C=O) groups is 1. The summed E-state index contributed by atoms with van der Waals surface area (Å²) < 4.78 is 10.6. The summed E-state index contributed by atoms with van der Waals surface area (Å²) in [6, 6.07) is 1.96. The van der Waals surface area contributed by atoms with Crippen LogP contribution in [-0.4, -0.2) is 42.0 Å². The van der Waals surface area contributed by atoms with E-state index in [2.05, 4.69) is 15.5 Å². The van der Waals surface area contributed by atoms with Crippen LogP contribution in [0.25, 0.3) is 0 Å². The van der Waals surface area contributed by atoms with Crippen molar-refractivity contribution < 1.29 is 14.3 Å². The Hall–Kier alpha value is -1.40. The van der Waals surface area contributed by atoms with Crippen LogP contribution >= 0.6 is 0 Å². The molecule has 1 aromatic heterocycles. The second kappa shape index (κ2) is 7.04. The van der Waals surface area contributed by atoms with Crippen molar-refractivity contribution in [1.29, 1.82) is 0 Å². The highest BCUT2D eigenvalue weighted by molar-refractivity contribution is 5.93. The van der Waals surface area contributed by atoms with Gasteiger partial charge in [0.2, 0.25) is 0 Å². The van der Waals surface area contributed by atoms with Crippen LogP contribution in [0.5, 0.6) is 0 Å². The maximum Gasteiger partial charge on any atom is 0.257 e. The van der Waals surface area contributed by atoms with E-state index in [-0.39, 0.29) is 5.91 Å². The Bertz CT molecular complexity index is 460. The first kappa shape index (κ1) is 14.5. The Morgan fingerprint density at radius 1 is 1.24 bits per heavy atom. The van der Waals surface area contributed by atoms with Gasteiger partial charge < -0.3 is 14.8 Å². The van der Waals surface area contributed by atoms with Crippen LogP contribution in [0.1, 0.15) is 50.1 Å². The molecule has 1 aliphatic heterocycles. The largest absolute Gasteiger partial charge is 0.376 e. The van der Waals surface area contributed by atoms with Crippen LogP contribution in [0.4, 0.5) is 5.82 Å². The van der Waals surface area contributed by atoms with E-state index in [0.29, 0.717) is 31.6 Å². The molecule has 3 rings (SSSR count). The molecule has 0 aromatic carbocycles. The summed E-state index contributed by atoms with van der Waals surface area (Å²) in [6.07, 6.45) is 7.08. The molecule has 1 aliphatic carbocycles. The van der Waals surface area contributed by atoms with Gasteiger partial charge in [-0.1, -0.05) is 25.7 Å². The molecule has 2 N–H and O–H groups in total. The molecule has 2 aliphatic rings. The number of hydrogen-bond donors (Lipinski definition) is 2.